The van der Waals surface area contributed by atoms with E-state index >= 15 is 0 Å². The SMILES string of the molecule is COc1ccc(C(=O)NNC(=S)NC(=O)c2cccc(OCC(C)C)c2)cc1. The van der Waals surface area contributed by atoms with E-state index in [0.29, 0.717) is 35.2 Å². The molecule has 0 atom stereocenters. The average molecular weight is 401 g/mol. The second-order valence-corrected chi connectivity index (χ2v) is 6.73. The lowest BCUT2D eigenvalue weighted by Crippen LogP contribution is -2.48. The van der Waals surface area contributed by atoms with Crippen LogP contribution in [0.4, 0.5) is 0 Å². The van der Waals surface area contributed by atoms with Crippen molar-refractivity contribution in [2.45, 2.75) is 13.8 Å². The van der Waals surface area contributed by atoms with Crippen LogP contribution in [-0.2, 0) is 0 Å². The van der Waals surface area contributed by atoms with Crippen molar-refractivity contribution in [3.63, 3.8) is 0 Å². The molecule has 2 amide bonds. The van der Waals surface area contributed by atoms with Crippen molar-refractivity contribution >= 4 is 29.1 Å². The monoisotopic (exact) mass is 401 g/mol. The zero-order valence-corrected chi connectivity index (χ0v) is 16.8. The summed E-state index contributed by atoms with van der Waals surface area (Å²) in [7, 11) is 1.55. The van der Waals surface area contributed by atoms with Crippen LogP contribution in [0.1, 0.15) is 34.6 Å². The summed E-state index contributed by atoms with van der Waals surface area (Å²) in [5.41, 5.74) is 5.74. The highest BCUT2D eigenvalue weighted by atomic mass is 32.1. The quantitative estimate of drug-likeness (QED) is 0.510. The molecule has 7 nitrogen and oxygen atoms in total. The van der Waals surface area contributed by atoms with Gasteiger partial charge in [-0.2, -0.15) is 0 Å². The van der Waals surface area contributed by atoms with Gasteiger partial charge in [-0.1, -0.05) is 19.9 Å². The van der Waals surface area contributed by atoms with E-state index in [0.717, 1.165) is 0 Å². The third-order valence-corrected chi connectivity index (χ3v) is 3.75. The van der Waals surface area contributed by atoms with Gasteiger partial charge in [0.25, 0.3) is 11.8 Å². The Morgan fingerprint density at radius 1 is 0.964 bits per heavy atom. The van der Waals surface area contributed by atoms with Crippen molar-refractivity contribution in [3.8, 4) is 11.5 Å². The summed E-state index contributed by atoms with van der Waals surface area (Å²) in [6.07, 6.45) is 0. The van der Waals surface area contributed by atoms with E-state index in [-0.39, 0.29) is 5.11 Å². The lowest BCUT2D eigenvalue weighted by molar-refractivity contribution is 0.0934. The van der Waals surface area contributed by atoms with Crippen molar-refractivity contribution in [1.29, 1.82) is 0 Å². The second kappa shape index (κ2) is 10.3. The average Bonchev–Trinajstić information content (AvgIpc) is 2.70. The zero-order chi connectivity index (χ0) is 20.5. The maximum Gasteiger partial charge on any atom is 0.269 e. The fourth-order valence-electron chi connectivity index (χ4n) is 2.12. The lowest BCUT2D eigenvalue weighted by atomic mass is 10.2. The number of hydrogen-bond donors (Lipinski definition) is 3. The molecule has 0 saturated carbocycles. The Kier molecular flexibility index (Phi) is 7.76. The minimum absolute atomic E-state index is 0.0274. The fourth-order valence-corrected chi connectivity index (χ4v) is 2.27. The highest BCUT2D eigenvalue weighted by Gasteiger charge is 2.11. The van der Waals surface area contributed by atoms with Crippen LogP contribution in [0.5, 0.6) is 11.5 Å². The number of benzene rings is 2. The molecule has 0 bridgehead atoms. The first-order valence-corrected chi connectivity index (χ1v) is 9.08. The van der Waals surface area contributed by atoms with Gasteiger partial charge in [-0.3, -0.25) is 25.8 Å². The van der Waals surface area contributed by atoms with Crippen LogP contribution in [0.2, 0.25) is 0 Å². The highest BCUT2D eigenvalue weighted by Crippen LogP contribution is 2.14. The van der Waals surface area contributed by atoms with Gasteiger partial charge in [-0.25, -0.2) is 0 Å². The van der Waals surface area contributed by atoms with Gasteiger partial charge in [-0.05, 0) is 60.6 Å². The molecule has 2 aromatic carbocycles. The minimum Gasteiger partial charge on any atom is -0.497 e. The normalized spacial score (nSPS) is 10.1. The number of thiocarbonyl (C=S) groups is 1. The summed E-state index contributed by atoms with van der Waals surface area (Å²) < 4.78 is 10.7. The number of hydrogen-bond acceptors (Lipinski definition) is 5. The molecule has 0 aromatic heterocycles. The Bertz CT molecular complexity index is 838. The summed E-state index contributed by atoms with van der Waals surface area (Å²) in [6.45, 7) is 4.64. The predicted octanol–water partition coefficient (Wildman–Crippen LogP) is 2.68. The predicted molar refractivity (Wildman–Crippen MR) is 110 cm³/mol. The molecule has 0 radical (unpaired) electrons. The van der Waals surface area contributed by atoms with Crippen molar-refractivity contribution < 1.29 is 19.1 Å². The van der Waals surface area contributed by atoms with E-state index in [2.05, 4.69) is 16.2 Å². The summed E-state index contributed by atoms with van der Waals surface area (Å²) in [5, 5.41) is 2.48. The van der Waals surface area contributed by atoms with Crippen molar-refractivity contribution in [2.75, 3.05) is 13.7 Å². The molecule has 0 spiro atoms. The lowest BCUT2D eigenvalue weighted by Gasteiger charge is -2.12. The number of hydrazine groups is 1. The molecule has 3 N–H and O–H groups in total. The van der Waals surface area contributed by atoms with Crippen LogP contribution in [-0.4, -0.2) is 30.6 Å². The van der Waals surface area contributed by atoms with Crippen LogP contribution >= 0.6 is 12.2 Å². The zero-order valence-electron chi connectivity index (χ0n) is 15.9. The summed E-state index contributed by atoms with van der Waals surface area (Å²) >= 11 is 5.05. The molecule has 0 aliphatic carbocycles. The van der Waals surface area contributed by atoms with E-state index in [1.54, 1.807) is 55.6 Å². The maximum atomic E-state index is 12.3. The number of nitrogens with one attached hydrogen (secondary N) is 3. The van der Waals surface area contributed by atoms with Gasteiger partial charge in [0.2, 0.25) is 0 Å². The molecule has 0 saturated heterocycles. The van der Waals surface area contributed by atoms with Gasteiger partial charge in [0.15, 0.2) is 5.11 Å². The van der Waals surface area contributed by atoms with Crippen LogP contribution in [0, 0.1) is 5.92 Å². The van der Waals surface area contributed by atoms with Gasteiger partial charge in [0.1, 0.15) is 11.5 Å². The molecular weight excluding hydrogens is 378 g/mol. The first-order chi connectivity index (χ1) is 13.4. The van der Waals surface area contributed by atoms with Gasteiger partial charge >= 0.3 is 0 Å². The highest BCUT2D eigenvalue weighted by molar-refractivity contribution is 7.80. The Balaban J connectivity index is 1.85. The Morgan fingerprint density at radius 2 is 1.68 bits per heavy atom. The molecule has 0 fully saturated rings. The van der Waals surface area contributed by atoms with E-state index < -0.39 is 11.8 Å². The number of carbonyl (C=O) groups excluding carboxylic acids is 2. The van der Waals surface area contributed by atoms with Crippen LogP contribution in [0.15, 0.2) is 48.5 Å². The molecular formula is C20H23N3O4S. The van der Waals surface area contributed by atoms with E-state index in [1.807, 2.05) is 13.8 Å². The van der Waals surface area contributed by atoms with E-state index in [4.69, 9.17) is 21.7 Å². The first kappa shape index (κ1) is 21.2. The topological polar surface area (TPSA) is 88.7 Å². The van der Waals surface area contributed by atoms with Gasteiger partial charge < -0.3 is 9.47 Å². The standard InChI is InChI=1S/C20H23N3O4S/c1-13(2)12-27-17-6-4-5-15(11-17)18(24)21-20(28)23-22-19(25)14-7-9-16(26-3)10-8-14/h4-11,13H,12H2,1-3H3,(H,22,25)(H2,21,23,24,28). The third-order valence-electron chi connectivity index (χ3n) is 3.55. The number of rotatable bonds is 6. The van der Waals surface area contributed by atoms with Gasteiger partial charge in [-0.15, -0.1) is 0 Å². The van der Waals surface area contributed by atoms with Crippen molar-refractivity contribution in [2.24, 2.45) is 5.92 Å². The molecule has 8 heteroatoms. The molecule has 148 valence electrons. The number of ether oxygens (including phenoxy) is 2. The molecule has 0 unspecified atom stereocenters. The number of methoxy groups -OCH3 is 1. The van der Waals surface area contributed by atoms with Crippen molar-refractivity contribution in [3.05, 3.63) is 59.7 Å². The molecule has 0 heterocycles. The summed E-state index contributed by atoms with van der Waals surface area (Å²) in [4.78, 5) is 24.4. The summed E-state index contributed by atoms with van der Waals surface area (Å²) in [5.74, 6) is 0.818. The van der Waals surface area contributed by atoms with Crippen molar-refractivity contribution in [1.82, 2.24) is 16.2 Å². The Morgan fingerprint density at radius 3 is 2.32 bits per heavy atom. The Hall–Kier alpha value is -3.13. The first-order valence-electron chi connectivity index (χ1n) is 8.67. The third kappa shape index (κ3) is 6.55. The van der Waals surface area contributed by atoms with Gasteiger partial charge in [0.05, 0.1) is 13.7 Å². The molecule has 0 aliphatic rings. The molecule has 2 aromatic rings. The van der Waals surface area contributed by atoms with Crippen LogP contribution < -0.4 is 25.6 Å². The number of carbonyl (C=O) groups is 2. The van der Waals surface area contributed by atoms with Gasteiger partial charge in [0, 0.05) is 11.1 Å². The van der Waals surface area contributed by atoms with E-state index in [9.17, 15) is 9.59 Å². The Labute approximate surface area is 169 Å². The number of amides is 2. The molecule has 28 heavy (non-hydrogen) atoms. The van der Waals surface area contributed by atoms with E-state index in [1.165, 1.54) is 0 Å². The largest absolute Gasteiger partial charge is 0.497 e. The minimum atomic E-state index is -0.411. The second-order valence-electron chi connectivity index (χ2n) is 6.32. The molecule has 2 rings (SSSR count). The van der Waals surface area contributed by atoms with Crippen LogP contribution in [0.3, 0.4) is 0 Å². The maximum absolute atomic E-state index is 12.3. The fraction of sp³-hybridized carbons (Fsp3) is 0.250. The summed E-state index contributed by atoms with van der Waals surface area (Å²) in [6, 6.07) is 13.4. The smallest absolute Gasteiger partial charge is 0.269 e. The molecule has 0 aliphatic heterocycles. The van der Waals surface area contributed by atoms with Crippen LogP contribution in [0.25, 0.3) is 0 Å².